The molecule has 0 saturated heterocycles. The minimum atomic E-state index is -0.376. The number of halogens is 3. The lowest BCUT2D eigenvalue weighted by atomic mass is 10.5. The van der Waals surface area contributed by atoms with E-state index in [2.05, 4.69) is 53.8 Å². The summed E-state index contributed by atoms with van der Waals surface area (Å²) < 4.78 is 5.85. The van der Waals surface area contributed by atoms with Crippen LogP contribution in [0.1, 0.15) is 13.3 Å². The molecule has 0 bridgehead atoms. The van der Waals surface area contributed by atoms with Gasteiger partial charge in [0.1, 0.15) is 0 Å². The highest BCUT2D eigenvalue weighted by Crippen LogP contribution is 2.61. The second-order valence-corrected chi connectivity index (χ2v) is 10.3. The fraction of sp³-hybridized carbons (Fsp3) is 0.600. The van der Waals surface area contributed by atoms with Crippen molar-refractivity contribution in [3.63, 3.8) is 0 Å². The molecule has 0 radical (unpaired) electrons. The van der Waals surface area contributed by atoms with E-state index in [4.69, 9.17) is 4.74 Å². The quantitative estimate of drug-likeness (QED) is 0.527. The van der Waals surface area contributed by atoms with Crippen LogP contribution >= 0.6 is 52.2 Å². The molecule has 60 valence electrons. The Bertz CT molecular complexity index is 135. The molecular formula is C5H8Br3OP. The van der Waals surface area contributed by atoms with Crippen molar-refractivity contribution in [1.82, 2.24) is 0 Å². The Kier molecular flexibility index (Phi) is 6.83. The van der Waals surface area contributed by atoms with Crippen molar-refractivity contribution < 1.29 is 4.74 Å². The molecule has 0 spiro atoms. The average molecular weight is 355 g/mol. The Labute approximate surface area is 86.9 Å². The van der Waals surface area contributed by atoms with Crippen molar-refractivity contribution in [1.29, 1.82) is 0 Å². The average Bonchev–Trinajstić information content (AvgIpc) is 1.88. The molecule has 0 aliphatic carbocycles. The summed E-state index contributed by atoms with van der Waals surface area (Å²) in [5.74, 6) is 0. The number of methoxy groups -OCH3 is 1. The largest absolute Gasteiger partial charge is 0.490 e. The molecule has 0 aromatic carbocycles. The summed E-state index contributed by atoms with van der Waals surface area (Å²) in [6.45, 7) is 2.09. The maximum absolute atomic E-state index is 5.02. The lowest BCUT2D eigenvalue weighted by Crippen LogP contribution is -1.80. The van der Waals surface area contributed by atoms with Gasteiger partial charge in [0.05, 0.1) is 12.4 Å². The summed E-state index contributed by atoms with van der Waals surface area (Å²) in [6.07, 6.45) is 0.983. The molecule has 0 unspecified atom stereocenters. The first-order chi connectivity index (χ1) is 4.63. The van der Waals surface area contributed by atoms with Crippen LogP contribution in [-0.4, -0.2) is 7.11 Å². The third-order valence-corrected chi connectivity index (χ3v) is 5.55. The molecule has 0 N–H and O–H groups in total. The highest BCUT2D eigenvalue weighted by Gasteiger charge is 2.09. The number of allylic oxidation sites excluding steroid dienone is 1. The molecule has 0 amide bonds. The van der Waals surface area contributed by atoms with Gasteiger partial charge in [-0.15, -0.1) is 0 Å². The summed E-state index contributed by atoms with van der Waals surface area (Å²) in [5.41, 5.74) is 0. The zero-order chi connectivity index (χ0) is 8.15. The molecule has 1 nitrogen and oxygen atoms in total. The Hall–Kier alpha value is 1.41. The predicted octanol–water partition coefficient (Wildman–Crippen LogP) is 4.71. The highest BCUT2D eigenvalue weighted by atomic mass is 79.9. The van der Waals surface area contributed by atoms with Gasteiger partial charge >= 0.3 is 0 Å². The predicted molar refractivity (Wildman–Crippen MR) is 58.0 cm³/mol. The van der Waals surface area contributed by atoms with E-state index in [1.165, 1.54) is 5.31 Å². The summed E-state index contributed by atoms with van der Waals surface area (Å²) >= 11 is 10.2. The van der Waals surface area contributed by atoms with Crippen molar-refractivity contribution in [3.05, 3.63) is 9.98 Å². The number of rotatable bonds is 3. The fourth-order valence-electron chi connectivity index (χ4n) is 0.443. The molecule has 0 rings (SSSR count). The molecule has 0 aromatic heterocycles. The van der Waals surface area contributed by atoms with Gasteiger partial charge in [-0.05, 0) is 53.3 Å². The van der Waals surface area contributed by atoms with E-state index in [9.17, 15) is 0 Å². The first-order valence-electron chi connectivity index (χ1n) is 2.67. The molecule has 0 aliphatic heterocycles. The third kappa shape index (κ3) is 3.70. The van der Waals surface area contributed by atoms with Gasteiger partial charge in [-0.2, -0.15) is 0 Å². The second kappa shape index (κ2) is 5.99. The smallest absolute Gasteiger partial charge is 0.166 e. The molecule has 10 heavy (non-hydrogen) atoms. The Balaban J connectivity index is 4.29. The van der Waals surface area contributed by atoms with Crippen LogP contribution in [-0.2, 0) is 4.74 Å². The zero-order valence-electron chi connectivity index (χ0n) is 5.70. The van der Waals surface area contributed by atoms with Gasteiger partial charge in [-0.1, -0.05) is 6.92 Å². The van der Waals surface area contributed by atoms with Crippen molar-refractivity contribution in [2.45, 2.75) is 13.3 Å². The zero-order valence-corrected chi connectivity index (χ0v) is 11.3. The topological polar surface area (TPSA) is 9.23 Å². The van der Waals surface area contributed by atoms with Crippen LogP contribution in [0, 0.1) is 0 Å². The lowest BCUT2D eigenvalue weighted by molar-refractivity contribution is 0.325. The summed E-state index contributed by atoms with van der Waals surface area (Å²) in [4.78, 5) is 0. The lowest BCUT2D eigenvalue weighted by Gasteiger charge is -2.07. The number of hydrogen-bond donors (Lipinski definition) is 0. The summed E-state index contributed by atoms with van der Waals surface area (Å²) in [7, 11) is 1.65. The van der Waals surface area contributed by atoms with Gasteiger partial charge in [-0.3, -0.25) is 0 Å². The van der Waals surface area contributed by atoms with Crippen LogP contribution in [0.15, 0.2) is 9.98 Å². The maximum atomic E-state index is 5.02. The van der Waals surface area contributed by atoms with Crippen molar-refractivity contribution in [3.8, 4) is 0 Å². The molecule has 0 atom stereocenters. The minimum Gasteiger partial charge on any atom is -0.490 e. The number of hydrogen-bond acceptors (Lipinski definition) is 1. The number of ether oxygens (including phenoxy) is 1. The highest BCUT2D eigenvalue weighted by molar-refractivity contribution is 9.70. The molecule has 0 heterocycles. The van der Waals surface area contributed by atoms with Gasteiger partial charge in [0.2, 0.25) is 0 Å². The Morgan fingerprint density at radius 2 is 2.00 bits per heavy atom. The molecule has 0 aliphatic rings. The Morgan fingerprint density at radius 3 is 2.10 bits per heavy atom. The van der Waals surface area contributed by atoms with Crippen molar-refractivity contribution >= 4 is 52.2 Å². The van der Waals surface area contributed by atoms with Crippen molar-refractivity contribution in [2.24, 2.45) is 0 Å². The first kappa shape index (κ1) is 11.4. The van der Waals surface area contributed by atoms with Crippen LogP contribution in [0.5, 0.6) is 0 Å². The summed E-state index contributed by atoms with van der Waals surface area (Å²) in [6, 6.07) is 0. The molecule has 0 saturated carbocycles. The van der Waals surface area contributed by atoms with Crippen LogP contribution in [0.25, 0.3) is 0 Å². The van der Waals surface area contributed by atoms with E-state index in [0.29, 0.717) is 0 Å². The molecule has 0 aromatic rings. The van der Waals surface area contributed by atoms with Crippen LogP contribution in [0.4, 0.5) is 0 Å². The second-order valence-electron chi connectivity index (χ2n) is 1.51. The van der Waals surface area contributed by atoms with E-state index < -0.39 is 0 Å². The van der Waals surface area contributed by atoms with Gasteiger partial charge in [0, 0.05) is 5.31 Å². The minimum absolute atomic E-state index is 0.376. The van der Waals surface area contributed by atoms with E-state index in [0.717, 1.165) is 11.1 Å². The standard InChI is InChI=1S/C5H8Br3OP/c1-3-4(10(7)8)5(6)9-2/h3H2,1-2H3/b5-4+. The van der Waals surface area contributed by atoms with Crippen LogP contribution < -0.4 is 0 Å². The fourth-order valence-corrected chi connectivity index (χ4v) is 5.62. The summed E-state index contributed by atoms with van der Waals surface area (Å²) in [5, 5.41) is 0.857. The molecule has 0 fully saturated rings. The maximum Gasteiger partial charge on any atom is 0.166 e. The van der Waals surface area contributed by atoms with E-state index in [-0.39, 0.29) is 5.33 Å². The van der Waals surface area contributed by atoms with Crippen LogP contribution in [0.2, 0.25) is 0 Å². The van der Waals surface area contributed by atoms with Gasteiger partial charge in [0.25, 0.3) is 0 Å². The SMILES string of the molecule is CC/C(=C(/Br)OC)P(Br)Br. The van der Waals surface area contributed by atoms with Gasteiger partial charge in [0.15, 0.2) is 4.67 Å². The van der Waals surface area contributed by atoms with Gasteiger partial charge < -0.3 is 4.74 Å². The first-order valence-corrected chi connectivity index (χ1v) is 8.85. The van der Waals surface area contributed by atoms with E-state index in [1.807, 2.05) is 0 Å². The van der Waals surface area contributed by atoms with Crippen molar-refractivity contribution in [2.75, 3.05) is 7.11 Å². The van der Waals surface area contributed by atoms with Gasteiger partial charge in [-0.25, -0.2) is 0 Å². The molecule has 5 heteroatoms. The normalized spacial score (nSPS) is 13.4. The van der Waals surface area contributed by atoms with E-state index in [1.54, 1.807) is 7.11 Å². The Morgan fingerprint density at radius 1 is 1.50 bits per heavy atom. The monoisotopic (exact) mass is 352 g/mol. The third-order valence-electron chi connectivity index (χ3n) is 0.945. The van der Waals surface area contributed by atoms with E-state index >= 15 is 0 Å². The molecular weight excluding hydrogens is 347 g/mol. The van der Waals surface area contributed by atoms with Crippen LogP contribution in [0.3, 0.4) is 0 Å².